The molecule has 1 fully saturated rings. The van der Waals surface area contributed by atoms with Crippen LogP contribution in [0.25, 0.3) is 28.0 Å². The SMILES string of the molecule is Cn1cnc(-c2ccc3cnc(Nc4ccc(-n5cnc(N6CCOCC6)n5)cc4)nc3c2)n1.O=C(O)C(F)(F)F. The predicted octanol–water partition coefficient (Wildman–Crippen LogP) is 3.22. The van der Waals surface area contributed by atoms with Crippen molar-refractivity contribution in [3.63, 3.8) is 0 Å². The van der Waals surface area contributed by atoms with Crippen LogP contribution in [0.15, 0.2) is 61.3 Å². The van der Waals surface area contributed by atoms with E-state index in [9.17, 15) is 13.2 Å². The smallest absolute Gasteiger partial charge is 0.475 e. The average Bonchev–Trinajstić information content (AvgIpc) is 3.63. The Hall–Kier alpha value is -5.12. The molecule has 0 radical (unpaired) electrons. The summed E-state index contributed by atoms with van der Waals surface area (Å²) in [7, 11) is 1.85. The van der Waals surface area contributed by atoms with Gasteiger partial charge in [-0.2, -0.15) is 23.3 Å². The van der Waals surface area contributed by atoms with Gasteiger partial charge in [0.25, 0.3) is 0 Å². The fraction of sp³-hybridized carbons (Fsp3) is 0.240. The minimum absolute atomic E-state index is 0.515. The zero-order chi connectivity index (χ0) is 29.0. The van der Waals surface area contributed by atoms with Gasteiger partial charge in [0.15, 0.2) is 5.82 Å². The number of halogens is 3. The molecule has 0 spiro atoms. The number of fused-ring (bicyclic) bond motifs is 1. The van der Waals surface area contributed by atoms with Crippen molar-refractivity contribution < 1.29 is 27.8 Å². The lowest BCUT2D eigenvalue weighted by atomic mass is 10.1. The lowest BCUT2D eigenvalue weighted by Crippen LogP contribution is -2.37. The number of rotatable bonds is 5. The van der Waals surface area contributed by atoms with Gasteiger partial charge in [-0.25, -0.2) is 24.4 Å². The molecule has 0 bridgehead atoms. The van der Waals surface area contributed by atoms with Crippen molar-refractivity contribution in [2.75, 3.05) is 36.5 Å². The number of morpholine rings is 1. The number of hydrogen-bond acceptors (Lipinski definition) is 10. The minimum Gasteiger partial charge on any atom is -0.475 e. The van der Waals surface area contributed by atoms with E-state index in [2.05, 4.69) is 40.3 Å². The molecule has 3 aromatic heterocycles. The molecule has 0 amide bonds. The van der Waals surface area contributed by atoms with Crippen LogP contribution in [-0.4, -0.2) is 83.1 Å². The van der Waals surface area contributed by atoms with E-state index in [-0.39, 0.29) is 0 Å². The van der Waals surface area contributed by atoms with Gasteiger partial charge in [0.1, 0.15) is 12.7 Å². The first-order valence-electron chi connectivity index (χ1n) is 12.2. The number of hydrogen-bond donors (Lipinski definition) is 2. The van der Waals surface area contributed by atoms with Crippen LogP contribution >= 0.6 is 0 Å². The standard InChI is InChI=1S/C23H22N10O.C2HF3O2/c1-31-14-25-21(29-31)16-2-3-17-13-24-22(28-20(17)12-16)27-18-4-6-19(7-5-18)33-15-26-23(30-33)32-8-10-34-11-9-32;3-2(4,5)1(6)7/h2-7,12-15H,8-11H2,1H3,(H,24,27,28);(H,6,7). The molecule has 41 heavy (non-hydrogen) atoms. The van der Waals surface area contributed by atoms with Crippen LogP contribution in [0.5, 0.6) is 0 Å². The van der Waals surface area contributed by atoms with Crippen molar-refractivity contribution in [2.24, 2.45) is 7.05 Å². The fourth-order valence-corrected chi connectivity index (χ4v) is 3.81. The van der Waals surface area contributed by atoms with E-state index in [0.717, 1.165) is 46.9 Å². The zero-order valence-electron chi connectivity index (χ0n) is 21.5. The molecule has 0 saturated carbocycles. The van der Waals surface area contributed by atoms with Gasteiger partial charge in [0.2, 0.25) is 11.9 Å². The van der Waals surface area contributed by atoms with E-state index in [1.807, 2.05) is 49.5 Å². The van der Waals surface area contributed by atoms with Crippen LogP contribution in [0.1, 0.15) is 0 Å². The fourth-order valence-electron chi connectivity index (χ4n) is 3.81. The number of ether oxygens (including phenoxy) is 1. The zero-order valence-corrected chi connectivity index (χ0v) is 21.5. The molecule has 1 saturated heterocycles. The second-order valence-corrected chi connectivity index (χ2v) is 8.77. The summed E-state index contributed by atoms with van der Waals surface area (Å²) in [5, 5.41) is 20.3. The van der Waals surface area contributed by atoms with Gasteiger partial charge in [0.05, 0.1) is 24.4 Å². The number of aryl methyl sites for hydroxylation is 1. The van der Waals surface area contributed by atoms with E-state index in [0.29, 0.717) is 25.0 Å². The molecule has 4 heterocycles. The third kappa shape index (κ3) is 6.73. The first-order valence-corrected chi connectivity index (χ1v) is 12.2. The number of anilines is 3. The molecule has 1 aliphatic rings. The highest BCUT2D eigenvalue weighted by Gasteiger charge is 2.38. The summed E-state index contributed by atoms with van der Waals surface area (Å²) in [6, 6.07) is 13.8. The van der Waals surface area contributed by atoms with E-state index in [4.69, 9.17) is 14.6 Å². The molecule has 0 unspecified atom stereocenters. The quantitative estimate of drug-likeness (QED) is 0.322. The van der Waals surface area contributed by atoms with E-state index in [1.54, 1.807) is 28.2 Å². The van der Waals surface area contributed by atoms with Crippen molar-refractivity contribution in [3.05, 3.63) is 61.3 Å². The Morgan fingerprint density at radius 2 is 1.73 bits per heavy atom. The lowest BCUT2D eigenvalue weighted by molar-refractivity contribution is -0.192. The van der Waals surface area contributed by atoms with Crippen LogP contribution in [0, 0.1) is 0 Å². The normalized spacial score (nSPS) is 13.5. The summed E-state index contributed by atoms with van der Waals surface area (Å²) in [4.78, 5) is 28.9. The summed E-state index contributed by atoms with van der Waals surface area (Å²) in [5.74, 6) is -0.859. The number of alkyl halides is 3. The summed E-state index contributed by atoms with van der Waals surface area (Å²) >= 11 is 0. The summed E-state index contributed by atoms with van der Waals surface area (Å²) in [6.45, 7) is 3.01. The summed E-state index contributed by atoms with van der Waals surface area (Å²) < 4.78 is 40.6. The van der Waals surface area contributed by atoms with Crippen LogP contribution in [-0.2, 0) is 16.6 Å². The van der Waals surface area contributed by atoms with Crippen molar-refractivity contribution in [2.45, 2.75) is 6.18 Å². The number of aromatic nitrogens is 8. The number of benzene rings is 2. The molecule has 2 aromatic carbocycles. The van der Waals surface area contributed by atoms with Gasteiger partial charge >= 0.3 is 12.1 Å². The van der Waals surface area contributed by atoms with Crippen molar-refractivity contribution >= 4 is 34.5 Å². The Morgan fingerprint density at radius 1 is 1.00 bits per heavy atom. The van der Waals surface area contributed by atoms with Crippen molar-refractivity contribution in [3.8, 4) is 17.1 Å². The number of nitrogens with one attached hydrogen (secondary N) is 1. The van der Waals surface area contributed by atoms with Crippen LogP contribution in [0.3, 0.4) is 0 Å². The molecule has 6 rings (SSSR count). The lowest BCUT2D eigenvalue weighted by Gasteiger charge is -2.25. The third-order valence-corrected chi connectivity index (χ3v) is 5.84. The molecule has 16 heteroatoms. The molecule has 2 N–H and O–H groups in total. The predicted molar refractivity (Wildman–Crippen MR) is 141 cm³/mol. The van der Waals surface area contributed by atoms with Crippen molar-refractivity contribution in [1.82, 2.24) is 39.5 Å². The number of carboxylic acids is 1. The first kappa shape index (κ1) is 27.4. The molecule has 13 nitrogen and oxygen atoms in total. The second-order valence-electron chi connectivity index (χ2n) is 8.77. The van der Waals surface area contributed by atoms with Gasteiger partial charge in [-0.1, -0.05) is 12.1 Å². The molecular formula is C25H23F3N10O3. The maximum absolute atomic E-state index is 10.6. The van der Waals surface area contributed by atoms with Crippen LogP contribution in [0.2, 0.25) is 0 Å². The minimum atomic E-state index is -5.08. The van der Waals surface area contributed by atoms with Gasteiger partial charge < -0.3 is 20.1 Å². The highest BCUT2D eigenvalue weighted by atomic mass is 19.4. The monoisotopic (exact) mass is 568 g/mol. The summed E-state index contributed by atoms with van der Waals surface area (Å²) in [6.07, 6.45) is 0.129. The number of aliphatic carboxylic acids is 1. The molecule has 5 aromatic rings. The third-order valence-electron chi connectivity index (χ3n) is 5.84. The van der Waals surface area contributed by atoms with Gasteiger partial charge in [0, 0.05) is 43.0 Å². The highest BCUT2D eigenvalue weighted by Crippen LogP contribution is 2.23. The van der Waals surface area contributed by atoms with Crippen LogP contribution in [0.4, 0.5) is 30.8 Å². The van der Waals surface area contributed by atoms with E-state index < -0.39 is 12.1 Å². The van der Waals surface area contributed by atoms with Crippen LogP contribution < -0.4 is 10.2 Å². The maximum Gasteiger partial charge on any atom is 0.490 e. The Bertz CT molecular complexity index is 1650. The first-order chi connectivity index (χ1) is 19.7. The molecule has 0 aliphatic carbocycles. The number of nitrogens with zero attached hydrogens (tertiary/aromatic N) is 9. The Morgan fingerprint density at radius 3 is 2.39 bits per heavy atom. The maximum atomic E-state index is 10.6. The topological polar surface area (TPSA) is 149 Å². The van der Waals surface area contributed by atoms with Gasteiger partial charge in [-0.15, -0.1) is 5.10 Å². The second kappa shape index (κ2) is 11.5. The number of carbonyl (C=O) groups is 1. The molecule has 212 valence electrons. The van der Waals surface area contributed by atoms with E-state index in [1.165, 1.54) is 0 Å². The molecule has 0 atom stereocenters. The Balaban J connectivity index is 0.000000431. The van der Waals surface area contributed by atoms with Gasteiger partial charge in [-0.3, -0.25) is 4.68 Å². The Labute approximate surface area is 230 Å². The van der Waals surface area contributed by atoms with E-state index >= 15 is 0 Å². The highest BCUT2D eigenvalue weighted by molar-refractivity contribution is 5.83. The summed E-state index contributed by atoms with van der Waals surface area (Å²) in [5.41, 5.74) is 3.52. The van der Waals surface area contributed by atoms with Crippen molar-refractivity contribution in [1.29, 1.82) is 0 Å². The number of carboxylic acid groups (broad SMARTS) is 1. The molecular weight excluding hydrogens is 545 g/mol. The molecule has 1 aliphatic heterocycles. The largest absolute Gasteiger partial charge is 0.490 e. The Kier molecular flexibility index (Phi) is 7.73. The van der Waals surface area contributed by atoms with Gasteiger partial charge in [-0.05, 0) is 30.3 Å². The average molecular weight is 569 g/mol.